The average molecular weight is 1050 g/mol. The summed E-state index contributed by atoms with van der Waals surface area (Å²) in [6, 6.07) is 7.22. The van der Waals surface area contributed by atoms with E-state index >= 15 is 4.79 Å². The van der Waals surface area contributed by atoms with Crippen molar-refractivity contribution in [3.63, 3.8) is 0 Å². The fourth-order valence-corrected chi connectivity index (χ4v) is 13.1. The SMILES string of the molecule is COC(=O)[C@@H]1CCCN(C(=O)[C@@H](NC(=O)[C@@H]2OC[C@@H]2C)[C@@H](c2nc(-c3ccc4c(c3)c(CC(C)(C)CO)c(-c3cc(C5CN(C6CC6)C5)cnc3[C@H](C)OC)n4CCOC3CCOCC3)cs2)N2CC3(COC3)C2)N1. The number of aliphatic hydroxyl groups is 1. The van der Waals surface area contributed by atoms with E-state index in [0.717, 1.165) is 70.6 Å². The van der Waals surface area contributed by atoms with Gasteiger partial charge in [-0.15, -0.1) is 11.3 Å². The molecule has 4 aromatic rings. The first-order valence-corrected chi connectivity index (χ1v) is 28.2. The first kappa shape index (κ1) is 52.6. The smallest absolute Gasteiger partial charge is 0.324 e. The summed E-state index contributed by atoms with van der Waals surface area (Å²) in [7, 11) is 3.07. The number of amides is 2. The molecule has 3 N–H and O–H groups in total. The molecule has 0 unspecified atom stereocenters. The van der Waals surface area contributed by atoms with Gasteiger partial charge in [-0.2, -0.15) is 0 Å². The van der Waals surface area contributed by atoms with E-state index in [2.05, 4.69) is 76.3 Å². The number of rotatable bonds is 20. The molecule has 3 aromatic heterocycles. The zero-order chi connectivity index (χ0) is 52.2. The largest absolute Gasteiger partial charge is 0.468 e. The highest BCUT2D eigenvalue weighted by atomic mass is 32.1. The lowest BCUT2D eigenvalue weighted by Crippen LogP contribution is -2.70. The molecule has 75 heavy (non-hydrogen) atoms. The molecule has 9 heterocycles. The molecule has 1 aliphatic carbocycles. The van der Waals surface area contributed by atoms with Crippen molar-refractivity contribution in [3.05, 3.63) is 57.7 Å². The Bertz CT molecular complexity index is 2720. The molecule has 6 saturated heterocycles. The Morgan fingerprint density at radius 2 is 1.84 bits per heavy atom. The predicted octanol–water partition coefficient (Wildman–Crippen LogP) is 5.41. The molecule has 1 saturated carbocycles. The first-order valence-electron chi connectivity index (χ1n) is 27.3. The quantitative estimate of drug-likeness (QED) is 0.0952. The van der Waals surface area contributed by atoms with E-state index in [0.29, 0.717) is 102 Å². The number of methoxy groups -OCH3 is 2. The second-order valence-corrected chi connectivity index (χ2v) is 24.2. The van der Waals surface area contributed by atoms with Gasteiger partial charge in [-0.3, -0.25) is 34.2 Å². The first-order chi connectivity index (χ1) is 36.3. The number of carbonyl (C=O) groups is 3. The number of fused-ring (bicyclic) bond motifs is 1. The van der Waals surface area contributed by atoms with Crippen LogP contribution in [0.3, 0.4) is 0 Å². The summed E-state index contributed by atoms with van der Waals surface area (Å²) < 4.78 is 37.3. The fraction of sp³-hybridized carbons (Fsp3) is 0.661. The number of hydrogen-bond acceptors (Lipinski definition) is 16. The average Bonchev–Trinajstić information content (AvgIpc) is 4.02. The van der Waals surface area contributed by atoms with Gasteiger partial charge in [0.25, 0.3) is 5.91 Å². The second-order valence-electron chi connectivity index (χ2n) is 23.3. The minimum absolute atomic E-state index is 0.00428. The Morgan fingerprint density at radius 1 is 1.05 bits per heavy atom. The van der Waals surface area contributed by atoms with Crippen LogP contribution in [0.15, 0.2) is 35.8 Å². The third kappa shape index (κ3) is 10.7. The molecule has 1 aromatic carbocycles. The van der Waals surface area contributed by atoms with Gasteiger partial charge in [-0.25, -0.2) is 10.4 Å². The Hall–Kier alpha value is -4.41. The number of hydrogen-bond donors (Lipinski definition) is 3. The molecule has 0 bridgehead atoms. The van der Waals surface area contributed by atoms with Crippen LogP contribution in [-0.2, 0) is 55.8 Å². The third-order valence-electron chi connectivity index (χ3n) is 17.0. The molecule has 1 spiro atoms. The van der Waals surface area contributed by atoms with Crippen molar-refractivity contribution < 1.29 is 47.9 Å². The number of thiazole rings is 1. The van der Waals surface area contributed by atoms with Crippen molar-refractivity contribution in [2.75, 3.05) is 93.2 Å². The van der Waals surface area contributed by atoms with E-state index in [1.165, 1.54) is 41.9 Å². The fourth-order valence-electron chi connectivity index (χ4n) is 12.1. The molecule has 6 atom stereocenters. The number of hydrazine groups is 1. The molecule has 406 valence electrons. The summed E-state index contributed by atoms with van der Waals surface area (Å²) in [5.74, 6) is -0.774. The molecule has 18 nitrogen and oxygen atoms in total. The number of pyridine rings is 1. The number of benzene rings is 1. The number of carbonyl (C=O) groups excluding carboxylic acids is 3. The van der Waals surface area contributed by atoms with Crippen LogP contribution < -0.4 is 10.7 Å². The molecule has 7 aliphatic rings. The zero-order valence-electron chi connectivity index (χ0n) is 44.5. The van der Waals surface area contributed by atoms with E-state index in [9.17, 15) is 14.7 Å². The Labute approximate surface area is 444 Å². The van der Waals surface area contributed by atoms with Crippen molar-refractivity contribution in [1.82, 2.24) is 40.1 Å². The number of aromatic nitrogens is 3. The van der Waals surface area contributed by atoms with Crippen LogP contribution in [0.5, 0.6) is 0 Å². The minimum atomic E-state index is -1.06. The van der Waals surface area contributed by atoms with Crippen molar-refractivity contribution in [2.45, 2.75) is 128 Å². The highest BCUT2D eigenvalue weighted by molar-refractivity contribution is 7.10. The summed E-state index contributed by atoms with van der Waals surface area (Å²) in [6.45, 7) is 16.2. The number of ether oxygens (including phenoxy) is 6. The van der Waals surface area contributed by atoms with Gasteiger partial charge in [0.1, 0.15) is 23.2 Å². The number of likely N-dealkylation sites (tertiary alicyclic amines) is 2. The van der Waals surface area contributed by atoms with Crippen LogP contribution >= 0.6 is 11.3 Å². The van der Waals surface area contributed by atoms with Crippen molar-refractivity contribution in [1.29, 1.82) is 0 Å². The molecule has 2 amide bonds. The summed E-state index contributed by atoms with van der Waals surface area (Å²) >= 11 is 1.47. The molecule has 7 fully saturated rings. The predicted molar refractivity (Wildman–Crippen MR) is 282 cm³/mol. The van der Waals surface area contributed by atoms with Gasteiger partial charge in [0.2, 0.25) is 5.91 Å². The van der Waals surface area contributed by atoms with Crippen LogP contribution in [0.1, 0.15) is 106 Å². The normalized spacial score (nSPS) is 24.7. The molecular formula is C56H76N8O10S. The van der Waals surface area contributed by atoms with Crippen molar-refractivity contribution in [2.24, 2.45) is 16.7 Å². The highest BCUT2D eigenvalue weighted by Gasteiger charge is 2.55. The van der Waals surface area contributed by atoms with Gasteiger partial charge in [-0.05, 0) is 86.6 Å². The number of nitrogens with zero attached hydrogens (tertiary/aromatic N) is 6. The summed E-state index contributed by atoms with van der Waals surface area (Å²) in [5.41, 5.74) is 10.6. The van der Waals surface area contributed by atoms with Gasteiger partial charge in [0.15, 0.2) is 0 Å². The molecule has 0 radical (unpaired) electrons. The van der Waals surface area contributed by atoms with E-state index in [4.69, 9.17) is 38.4 Å². The van der Waals surface area contributed by atoms with Crippen molar-refractivity contribution in [3.8, 4) is 22.5 Å². The van der Waals surface area contributed by atoms with Crippen LogP contribution in [0.25, 0.3) is 33.4 Å². The van der Waals surface area contributed by atoms with Crippen LogP contribution in [0.4, 0.5) is 0 Å². The standard InChI is InChI=1S/C56H76N8O10S/c1-33-26-74-50(33)51(66)59-47(53(67)64-15-7-8-43(60-64)54(68)70-6)49(62-28-56(29-62)31-72-32-56)52-58-44(27-75-52)35-9-12-45-40(20-35)42(22-55(3,4)30-65)48(63(45)16-19-73-39-13-17-71-18-14-39)41-21-36(23-57-46(41)34(2)69-5)37-24-61(25-37)38-10-11-38/h9,12,20-21,23,27,33-34,37-39,43,47,49-50,60,65H,7-8,10-11,13-19,22,24-26,28-32H2,1-6H3,(H,59,66)/t33-,34-,43-,47-,49-,50+/m0/s1. The maximum Gasteiger partial charge on any atom is 0.324 e. The zero-order valence-corrected chi connectivity index (χ0v) is 45.3. The van der Waals surface area contributed by atoms with Crippen LogP contribution in [-0.4, -0.2) is 176 Å². The number of aliphatic hydroxyl groups excluding tert-OH is 1. The Morgan fingerprint density at radius 3 is 2.51 bits per heavy atom. The Balaban J connectivity index is 1.00. The van der Waals surface area contributed by atoms with Gasteiger partial charge < -0.3 is 43.4 Å². The Kier molecular flexibility index (Phi) is 15.3. The monoisotopic (exact) mass is 1050 g/mol. The van der Waals surface area contributed by atoms with Crippen LogP contribution in [0.2, 0.25) is 0 Å². The maximum absolute atomic E-state index is 15.1. The summed E-state index contributed by atoms with van der Waals surface area (Å²) in [4.78, 5) is 57.4. The second kappa shape index (κ2) is 21.8. The third-order valence-corrected chi connectivity index (χ3v) is 17.9. The molecular weight excluding hydrogens is 977 g/mol. The van der Waals surface area contributed by atoms with E-state index in [1.54, 1.807) is 7.11 Å². The number of nitrogens with one attached hydrogen (secondary N) is 2. The number of esters is 1. The van der Waals surface area contributed by atoms with E-state index in [1.807, 2.05) is 12.3 Å². The highest BCUT2D eigenvalue weighted by Crippen LogP contribution is 2.47. The molecule has 11 rings (SSSR count). The lowest BCUT2D eigenvalue weighted by molar-refractivity contribution is -0.203. The lowest BCUT2D eigenvalue weighted by atomic mass is 9.76. The summed E-state index contributed by atoms with van der Waals surface area (Å²) in [6.07, 6.45) is 7.18. The van der Waals surface area contributed by atoms with Gasteiger partial charge in [-0.1, -0.05) is 26.8 Å². The molecule has 19 heteroatoms. The van der Waals surface area contributed by atoms with Gasteiger partial charge in [0.05, 0.1) is 68.9 Å². The van der Waals surface area contributed by atoms with E-state index in [-0.39, 0.29) is 42.0 Å². The lowest BCUT2D eigenvalue weighted by Gasteiger charge is -2.58. The maximum atomic E-state index is 15.1. The van der Waals surface area contributed by atoms with Crippen molar-refractivity contribution >= 4 is 40.0 Å². The van der Waals surface area contributed by atoms with Crippen LogP contribution in [0, 0.1) is 16.7 Å². The topological polar surface area (TPSA) is 191 Å². The van der Waals surface area contributed by atoms with Gasteiger partial charge >= 0.3 is 5.97 Å². The summed E-state index contributed by atoms with van der Waals surface area (Å²) in [5, 5.41) is 19.4. The molecule has 6 aliphatic heterocycles. The van der Waals surface area contributed by atoms with E-state index < -0.39 is 35.6 Å². The minimum Gasteiger partial charge on any atom is -0.468 e. The van der Waals surface area contributed by atoms with Gasteiger partial charge in [0, 0.05) is 123 Å².